The van der Waals surface area contributed by atoms with Crippen LogP contribution in [-0.2, 0) is 4.79 Å². The van der Waals surface area contributed by atoms with Gasteiger partial charge in [-0.05, 0) is 34.1 Å². The molecule has 1 rings (SSSR count). The smallest absolute Gasteiger partial charge is 0.175 e. The van der Waals surface area contributed by atoms with Gasteiger partial charge in [-0.1, -0.05) is 20.8 Å². The molecule has 0 saturated heterocycles. The Labute approximate surface area is 110 Å². The second-order valence-electron chi connectivity index (χ2n) is 4.76. The average Bonchev–Trinajstić information content (AvgIpc) is 2.24. The first-order valence-corrected chi connectivity index (χ1v) is 6.13. The van der Waals surface area contributed by atoms with E-state index in [1.165, 1.54) is 0 Å². The van der Waals surface area contributed by atoms with Crippen LogP contribution in [0.3, 0.4) is 0 Å². The van der Waals surface area contributed by atoms with Gasteiger partial charge in [-0.3, -0.25) is 4.79 Å². The first-order valence-electron chi connectivity index (χ1n) is 5.34. The van der Waals surface area contributed by atoms with Crippen molar-refractivity contribution in [3.8, 4) is 11.5 Å². The van der Waals surface area contributed by atoms with E-state index in [1.54, 1.807) is 25.3 Å². The van der Waals surface area contributed by atoms with Crippen LogP contribution in [0.4, 0.5) is 0 Å². The van der Waals surface area contributed by atoms with Gasteiger partial charge in [-0.25, -0.2) is 0 Å². The monoisotopic (exact) mass is 300 g/mol. The molecule has 0 spiro atoms. The normalized spacial score (nSPS) is 11.1. The van der Waals surface area contributed by atoms with Gasteiger partial charge >= 0.3 is 0 Å². The van der Waals surface area contributed by atoms with Gasteiger partial charge < -0.3 is 9.47 Å². The average molecular weight is 301 g/mol. The zero-order valence-corrected chi connectivity index (χ0v) is 12.1. The molecular formula is C13H17BrO3. The number of benzene rings is 1. The lowest BCUT2D eigenvalue weighted by atomic mass is 9.91. The fraction of sp³-hybridized carbons (Fsp3) is 0.462. The summed E-state index contributed by atoms with van der Waals surface area (Å²) in [5.41, 5.74) is -0.371. The zero-order valence-electron chi connectivity index (χ0n) is 10.5. The lowest BCUT2D eigenvalue weighted by Crippen LogP contribution is -2.26. The Morgan fingerprint density at radius 3 is 2.47 bits per heavy atom. The molecule has 17 heavy (non-hydrogen) atoms. The largest absolute Gasteiger partial charge is 0.496 e. The van der Waals surface area contributed by atoms with Crippen molar-refractivity contribution in [2.75, 3.05) is 13.7 Å². The Balaban J connectivity index is 2.65. The highest BCUT2D eigenvalue weighted by Crippen LogP contribution is 2.29. The highest BCUT2D eigenvalue weighted by Gasteiger charge is 2.21. The van der Waals surface area contributed by atoms with Crippen LogP contribution < -0.4 is 9.47 Å². The lowest BCUT2D eigenvalue weighted by molar-refractivity contribution is -0.128. The number of Topliss-reactive ketones (excluding diaryl/α,β-unsaturated/α-hetero) is 1. The minimum absolute atomic E-state index is 0.0736. The number of carbonyl (C=O) groups is 1. The number of halogens is 1. The van der Waals surface area contributed by atoms with Gasteiger partial charge in [-0.2, -0.15) is 0 Å². The van der Waals surface area contributed by atoms with Crippen molar-refractivity contribution in [3.63, 3.8) is 0 Å². The van der Waals surface area contributed by atoms with Crippen LogP contribution >= 0.6 is 15.9 Å². The summed E-state index contributed by atoms with van der Waals surface area (Å²) in [6, 6.07) is 5.36. The summed E-state index contributed by atoms with van der Waals surface area (Å²) in [5, 5.41) is 0. The van der Waals surface area contributed by atoms with E-state index >= 15 is 0 Å². The van der Waals surface area contributed by atoms with E-state index in [0.717, 1.165) is 10.2 Å². The highest BCUT2D eigenvalue weighted by atomic mass is 79.9. The van der Waals surface area contributed by atoms with Crippen molar-refractivity contribution in [3.05, 3.63) is 22.7 Å². The van der Waals surface area contributed by atoms with Gasteiger partial charge in [-0.15, -0.1) is 0 Å². The Bertz CT molecular complexity index is 408. The van der Waals surface area contributed by atoms with E-state index in [9.17, 15) is 4.79 Å². The fourth-order valence-corrected chi connectivity index (χ4v) is 1.62. The summed E-state index contributed by atoms with van der Waals surface area (Å²) in [5.74, 6) is 1.46. The molecule has 0 aliphatic heterocycles. The summed E-state index contributed by atoms with van der Waals surface area (Å²) in [6.45, 7) is 5.72. The van der Waals surface area contributed by atoms with Gasteiger partial charge in [0.05, 0.1) is 11.6 Å². The molecule has 0 amide bonds. The summed E-state index contributed by atoms with van der Waals surface area (Å²) < 4.78 is 11.4. The maximum absolute atomic E-state index is 11.7. The number of carbonyl (C=O) groups excluding carboxylic acids is 1. The minimum atomic E-state index is -0.371. The number of methoxy groups -OCH3 is 1. The number of hydrogen-bond acceptors (Lipinski definition) is 3. The summed E-state index contributed by atoms with van der Waals surface area (Å²) in [6.07, 6.45) is 0. The number of hydrogen-bond donors (Lipinski definition) is 0. The molecule has 0 atom stereocenters. The quantitative estimate of drug-likeness (QED) is 0.854. The van der Waals surface area contributed by atoms with E-state index in [1.807, 2.05) is 20.8 Å². The molecule has 1 aromatic rings. The van der Waals surface area contributed by atoms with Gasteiger partial charge in [0.1, 0.15) is 18.1 Å². The third-order valence-electron chi connectivity index (χ3n) is 2.33. The van der Waals surface area contributed by atoms with Gasteiger partial charge in [0.15, 0.2) is 5.78 Å². The highest BCUT2D eigenvalue weighted by molar-refractivity contribution is 9.10. The Morgan fingerprint density at radius 2 is 2.00 bits per heavy atom. The second kappa shape index (κ2) is 5.54. The molecule has 1 aromatic carbocycles. The Kier molecular flexibility index (Phi) is 4.57. The molecule has 0 bridgehead atoms. The molecule has 4 heteroatoms. The van der Waals surface area contributed by atoms with Crippen molar-refractivity contribution in [1.29, 1.82) is 0 Å². The molecule has 0 heterocycles. The molecular weight excluding hydrogens is 284 g/mol. The van der Waals surface area contributed by atoms with Crippen LogP contribution in [0.5, 0.6) is 11.5 Å². The van der Waals surface area contributed by atoms with Crippen molar-refractivity contribution in [1.82, 2.24) is 0 Å². The molecule has 0 fully saturated rings. The summed E-state index contributed by atoms with van der Waals surface area (Å²) in [7, 11) is 1.60. The number of ether oxygens (including phenoxy) is 2. The molecule has 0 unspecified atom stereocenters. The van der Waals surface area contributed by atoms with Crippen molar-refractivity contribution < 1.29 is 14.3 Å². The van der Waals surface area contributed by atoms with E-state index in [4.69, 9.17) is 9.47 Å². The van der Waals surface area contributed by atoms with Crippen molar-refractivity contribution >= 4 is 21.7 Å². The third-order valence-corrected chi connectivity index (χ3v) is 2.95. The van der Waals surface area contributed by atoms with E-state index in [-0.39, 0.29) is 17.8 Å². The molecule has 0 N–H and O–H groups in total. The predicted molar refractivity (Wildman–Crippen MR) is 70.7 cm³/mol. The second-order valence-corrected chi connectivity index (χ2v) is 5.61. The molecule has 0 aromatic heterocycles. The van der Waals surface area contributed by atoms with Gasteiger partial charge in [0, 0.05) is 5.41 Å². The SMILES string of the molecule is COc1ccc(OCC(=O)C(C)(C)C)cc1Br. The summed E-state index contributed by atoms with van der Waals surface area (Å²) in [4.78, 5) is 11.7. The fourth-order valence-electron chi connectivity index (χ4n) is 1.10. The molecule has 94 valence electrons. The predicted octanol–water partition coefficient (Wildman–Crippen LogP) is 3.45. The van der Waals surface area contributed by atoms with Crippen LogP contribution in [-0.4, -0.2) is 19.5 Å². The standard InChI is InChI=1S/C13H17BrO3/c1-13(2,3)12(15)8-17-9-5-6-11(16-4)10(14)7-9/h5-7H,8H2,1-4H3. The van der Waals surface area contributed by atoms with E-state index in [2.05, 4.69) is 15.9 Å². The maximum Gasteiger partial charge on any atom is 0.175 e. The summed E-state index contributed by atoms with van der Waals surface area (Å²) >= 11 is 3.36. The van der Waals surface area contributed by atoms with E-state index < -0.39 is 0 Å². The van der Waals surface area contributed by atoms with Crippen LogP contribution in [0.15, 0.2) is 22.7 Å². The molecule has 3 nitrogen and oxygen atoms in total. The minimum Gasteiger partial charge on any atom is -0.496 e. The number of ketones is 1. The van der Waals surface area contributed by atoms with Crippen LogP contribution in [0.2, 0.25) is 0 Å². The Hall–Kier alpha value is -1.03. The first kappa shape index (κ1) is 14.0. The molecule has 0 saturated carbocycles. The lowest BCUT2D eigenvalue weighted by Gasteiger charge is -2.17. The zero-order chi connectivity index (χ0) is 13.1. The van der Waals surface area contributed by atoms with Crippen molar-refractivity contribution in [2.24, 2.45) is 5.41 Å². The van der Waals surface area contributed by atoms with Crippen molar-refractivity contribution in [2.45, 2.75) is 20.8 Å². The first-order chi connectivity index (χ1) is 7.84. The Morgan fingerprint density at radius 1 is 1.35 bits per heavy atom. The van der Waals surface area contributed by atoms with Crippen LogP contribution in [0.25, 0.3) is 0 Å². The number of rotatable bonds is 4. The topological polar surface area (TPSA) is 35.5 Å². The molecule has 0 radical (unpaired) electrons. The molecule has 0 aliphatic carbocycles. The van der Waals surface area contributed by atoms with Crippen LogP contribution in [0, 0.1) is 5.41 Å². The van der Waals surface area contributed by atoms with E-state index in [0.29, 0.717) is 5.75 Å². The molecule has 0 aliphatic rings. The third kappa shape index (κ3) is 4.04. The van der Waals surface area contributed by atoms with Gasteiger partial charge in [0.25, 0.3) is 0 Å². The van der Waals surface area contributed by atoms with Gasteiger partial charge in [0.2, 0.25) is 0 Å². The van der Waals surface area contributed by atoms with Crippen LogP contribution in [0.1, 0.15) is 20.8 Å². The maximum atomic E-state index is 11.7.